The summed E-state index contributed by atoms with van der Waals surface area (Å²) in [7, 11) is 7.89. The van der Waals surface area contributed by atoms with Gasteiger partial charge in [0.05, 0.1) is 73.2 Å². The lowest BCUT2D eigenvalue weighted by molar-refractivity contribution is -0.357. The van der Waals surface area contributed by atoms with Crippen LogP contribution in [0.2, 0.25) is 0 Å². The molecule has 6 saturated heterocycles. The van der Waals surface area contributed by atoms with Gasteiger partial charge in [0, 0.05) is 73.6 Å². The van der Waals surface area contributed by atoms with E-state index >= 15 is 0 Å². The molecule has 9 fully saturated rings. The van der Waals surface area contributed by atoms with Crippen molar-refractivity contribution < 1.29 is 121 Å². The van der Waals surface area contributed by atoms with Crippen LogP contribution in [0.15, 0.2) is 12.2 Å². The molecule has 6 N–H and O–H groups in total. The third kappa shape index (κ3) is 13.9. The number of hydrogen-bond acceptors (Lipinski definition) is 25. The third-order valence-electron chi connectivity index (χ3n) is 22.8. The molecule has 4 aliphatic carbocycles. The van der Waals surface area contributed by atoms with Crippen molar-refractivity contribution in [3.63, 3.8) is 0 Å². The van der Waals surface area contributed by atoms with Gasteiger partial charge in [-0.05, 0) is 116 Å². The zero-order valence-electron chi connectivity index (χ0n) is 54.6. The van der Waals surface area contributed by atoms with E-state index in [2.05, 4.69) is 26.0 Å². The van der Waals surface area contributed by atoms with Crippen molar-refractivity contribution >= 4 is 5.97 Å². The van der Waals surface area contributed by atoms with Gasteiger partial charge in [0.1, 0.15) is 67.1 Å². The number of carbonyl (C=O) groups is 1. The Morgan fingerprint density at radius 1 is 0.528 bits per heavy atom. The molecule has 6 aliphatic heterocycles. The predicted molar refractivity (Wildman–Crippen MR) is 311 cm³/mol. The van der Waals surface area contributed by atoms with Gasteiger partial charge in [-0.1, -0.05) is 26.0 Å². The lowest BCUT2D eigenvalue weighted by atomic mass is 9.46. The van der Waals surface area contributed by atoms with E-state index in [1.54, 1.807) is 35.4 Å². The molecule has 10 aliphatic rings. The van der Waals surface area contributed by atoms with Crippen LogP contribution in [0.4, 0.5) is 0 Å². The fourth-order valence-electron chi connectivity index (χ4n) is 17.6. The van der Waals surface area contributed by atoms with Crippen LogP contribution < -0.4 is 0 Å². The standard InChI is InChI=1S/C64H106O25/c1-29-54(83-35(7)66)41(72-10)25-49(78-29)88-58-33(5)81-61(53(70)59(58)76-14)84-37-17-20-62(8)36(23-37)15-16-38-39(62)18-21-63(9)40(38)19-22-64(63,71)34(6)82-46-24-42(73-11)55(30(2)77-46)86-47-26-43(74-12)56(31(3)79-47)87-48-27-44(75-13)57(32(4)80-48)89-60-52(69)51(68)50(67)45(28-65)85-60/h15-16,29-34,36-61,65,67-71H,17-28H2,1-14H3. The maximum absolute atomic E-state index is 13.0. The molecular weight excluding hydrogens is 1170 g/mol. The van der Waals surface area contributed by atoms with Gasteiger partial charge in [0.15, 0.2) is 43.8 Å². The summed E-state index contributed by atoms with van der Waals surface area (Å²) in [5.41, 5.74) is -1.50. The highest BCUT2D eigenvalue weighted by molar-refractivity contribution is 5.66. The van der Waals surface area contributed by atoms with E-state index in [1.807, 2.05) is 34.6 Å². The topological polar surface area (TPSA) is 305 Å². The Kier molecular flexibility index (Phi) is 22.8. The second-order valence-electron chi connectivity index (χ2n) is 27.7. The van der Waals surface area contributed by atoms with Gasteiger partial charge in [-0.2, -0.15) is 0 Å². The SMILES string of the molecule is COC1CC(OC2C(C)OC(OC3CCC4(C)C(C=CC5C4CCC4(C)C5CCC4(O)C(C)OC4CC(OC)C(OC5CC(OC)C(OC6CC(OC)C(OC7OC(CO)C(O)C(O)C7O)C(C)O6)C(C)O5)C(C)O4)C3)C(O)C2OC)OC(C)C1OC(C)=O. The Bertz CT molecular complexity index is 2320. The second kappa shape index (κ2) is 28.9. The van der Waals surface area contributed by atoms with E-state index in [0.29, 0.717) is 37.5 Å². The molecule has 25 heteroatoms. The number of rotatable bonds is 20. The molecule has 0 spiro atoms. The molecule has 0 aromatic carbocycles. The lowest BCUT2D eigenvalue weighted by Gasteiger charge is -2.60. The fourth-order valence-corrected chi connectivity index (χ4v) is 17.6. The Morgan fingerprint density at radius 2 is 1.02 bits per heavy atom. The van der Waals surface area contributed by atoms with Gasteiger partial charge >= 0.3 is 5.97 Å². The molecule has 0 amide bonds. The number of carbonyl (C=O) groups excluding carboxylic acids is 1. The van der Waals surface area contributed by atoms with Crippen LogP contribution in [0.25, 0.3) is 0 Å². The smallest absolute Gasteiger partial charge is 0.303 e. The van der Waals surface area contributed by atoms with Gasteiger partial charge < -0.3 is 116 Å². The number of aliphatic hydroxyl groups excluding tert-OH is 5. The summed E-state index contributed by atoms with van der Waals surface area (Å²) in [6, 6.07) is 0. The molecule has 512 valence electrons. The molecule has 3 saturated carbocycles. The molecule has 35 unspecified atom stereocenters. The van der Waals surface area contributed by atoms with E-state index in [0.717, 1.165) is 38.5 Å². The molecule has 0 bridgehead atoms. The highest BCUT2D eigenvalue weighted by atomic mass is 16.8. The summed E-state index contributed by atoms with van der Waals surface area (Å²) in [6.45, 7) is 16.8. The number of fused-ring (bicyclic) bond motifs is 5. The van der Waals surface area contributed by atoms with Crippen molar-refractivity contribution in [2.24, 2.45) is 34.5 Å². The minimum atomic E-state index is -1.60. The monoisotopic (exact) mass is 1270 g/mol. The van der Waals surface area contributed by atoms with Crippen molar-refractivity contribution in [1.29, 1.82) is 0 Å². The first-order valence-corrected chi connectivity index (χ1v) is 32.7. The predicted octanol–water partition coefficient (Wildman–Crippen LogP) is 3.32. The zero-order valence-corrected chi connectivity index (χ0v) is 54.6. The highest BCUT2D eigenvalue weighted by Crippen LogP contribution is 2.68. The van der Waals surface area contributed by atoms with Crippen LogP contribution in [-0.2, 0) is 90.1 Å². The fraction of sp³-hybridized carbons (Fsp3) is 0.953. The summed E-state index contributed by atoms with van der Waals surface area (Å²) in [5, 5.41) is 65.7. The Labute approximate surface area is 524 Å². The van der Waals surface area contributed by atoms with Crippen molar-refractivity contribution in [3.05, 3.63) is 12.2 Å². The van der Waals surface area contributed by atoms with Gasteiger partial charge in [-0.3, -0.25) is 4.79 Å². The lowest BCUT2D eigenvalue weighted by Crippen LogP contribution is -2.62. The molecular formula is C64H106O25. The summed E-state index contributed by atoms with van der Waals surface area (Å²) >= 11 is 0. The van der Waals surface area contributed by atoms with E-state index < -0.39 is 190 Å². The minimum absolute atomic E-state index is 0.0213. The van der Waals surface area contributed by atoms with Gasteiger partial charge in [-0.15, -0.1) is 0 Å². The molecule has 25 nitrogen and oxygen atoms in total. The Morgan fingerprint density at radius 3 is 1.57 bits per heavy atom. The first-order valence-electron chi connectivity index (χ1n) is 32.7. The van der Waals surface area contributed by atoms with Crippen LogP contribution in [0, 0.1) is 34.5 Å². The second-order valence-corrected chi connectivity index (χ2v) is 27.7. The number of hydrogen-bond donors (Lipinski definition) is 6. The van der Waals surface area contributed by atoms with Crippen molar-refractivity contribution in [2.45, 2.75) is 311 Å². The number of methoxy groups -OCH3 is 5. The van der Waals surface area contributed by atoms with Crippen LogP contribution in [0.5, 0.6) is 0 Å². The summed E-state index contributed by atoms with van der Waals surface area (Å²) in [6.07, 6.45) is -9.28. The van der Waals surface area contributed by atoms with Crippen LogP contribution in [0.1, 0.15) is 133 Å². The van der Waals surface area contributed by atoms with E-state index in [1.165, 1.54) is 14.0 Å². The average Bonchev–Trinajstić information content (AvgIpc) is 1.68. The normalized spacial score (nSPS) is 52.2. The van der Waals surface area contributed by atoms with Crippen molar-refractivity contribution in [2.75, 3.05) is 42.2 Å². The summed E-state index contributed by atoms with van der Waals surface area (Å²) in [4.78, 5) is 11.8. The van der Waals surface area contributed by atoms with E-state index in [9.17, 15) is 35.4 Å². The number of ether oxygens (including phenoxy) is 18. The number of aliphatic hydroxyl groups is 6. The van der Waals surface area contributed by atoms with Crippen molar-refractivity contribution in [1.82, 2.24) is 0 Å². The van der Waals surface area contributed by atoms with Gasteiger partial charge in [0.25, 0.3) is 0 Å². The Hall–Kier alpha value is -1.71. The van der Waals surface area contributed by atoms with Crippen molar-refractivity contribution in [3.8, 4) is 0 Å². The first-order chi connectivity index (χ1) is 42.3. The van der Waals surface area contributed by atoms with E-state index in [-0.39, 0.29) is 29.8 Å². The first kappa shape index (κ1) is 70.1. The van der Waals surface area contributed by atoms with Crippen LogP contribution in [0.3, 0.4) is 0 Å². The number of allylic oxidation sites excluding steroid dienone is 2. The van der Waals surface area contributed by atoms with Crippen LogP contribution in [-0.4, -0.2) is 256 Å². The molecule has 6 heterocycles. The maximum Gasteiger partial charge on any atom is 0.303 e. The molecule has 35 atom stereocenters. The molecule has 0 aromatic rings. The summed E-state index contributed by atoms with van der Waals surface area (Å²) < 4.78 is 112. The highest BCUT2D eigenvalue weighted by Gasteiger charge is 2.66. The number of esters is 1. The molecule has 0 aromatic heterocycles. The average molecular weight is 1280 g/mol. The van der Waals surface area contributed by atoms with Gasteiger partial charge in [0.2, 0.25) is 0 Å². The third-order valence-corrected chi connectivity index (χ3v) is 22.8. The zero-order chi connectivity index (χ0) is 64.2. The van der Waals surface area contributed by atoms with Gasteiger partial charge in [-0.25, -0.2) is 0 Å². The minimum Gasteiger partial charge on any atom is -0.457 e. The maximum atomic E-state index is 13.0. The summed E-state index contributed by atoms with van der Waals surface area (Å²) in [5.74, 6) is 0.814. The van der Waals surface area contributed by atoms with Crippen LogP contribution >= 0.6 is 0 Å². The molecule has 10 rings (SSSR count). The van der Waals surface area contributed by atoms with E-state index in [4.69, 9.17) is 85.3 Å². The molecule has 89 heavy (non-hydrogen) atoms. The quantitative estimate of drug-likeness (QED) is 0.0752. The molecule has 0 radical (unpaired) electrons. The Balaban J connectivity index is 0.700. The largest absolute Gasteiger partial charge is 0.457 e.